The Morgan fingerprint density at radius 3 is 2.93 bits per heavy atom. The average molecular weight is 335 g/mol. The van der Waals surface area contributed by atoms with Crippen LogP contribution in [0.25, 0.3) is 0 Å². The molecule has 1 heterocycles. The first-order chi connectivity index (χ1) is 7.11. The van der Waals surface area contributed by atoms with Gasteiger partial charge in [-0.3, -0.25) is 0 Å². The molecule has 2 rings (SSSR count). The summed E-state index contributed by atoms with van der Waals surface area (Å²) in [7, 11) is 0. The molecule has 0 bridgehead atoms. The standard InChI is InChI=1S/C11H13Br2NO/c1-6-4-8(12)7-2-3-15-5-9(14)10(7)11(6)13/h4,9H,2-3,5,14H2,1H3. The molecule has 1 aliphatic rings. The zero-order chi connectivity index (χ0) is 11.0. The van der Waals surface area contributed by atoms with Crippen LogP contribution in [-0.2, 0) is 11.2 Å². The van der Waals surface area contributed by atoms with Gasteiger partial charge in [-0.2, -0.15) is 0 Å². The number of ether oxygens (including phenoxy) is 1. The van der Waals surface area contributed by atoms with Crippen LogP contribution in [0.2, 0.25) is 0 Å². The first-order valence-corrected chi connectivity index (χ1v) is 6.50. The number of benzene rings is 1. The van der Waals surface area contributed by atoms with Crippen molar-refractivity contribution in [2.45, 2.75) is 19.4 Å². The second-order valence-electron chi connectivity index (χ2n) is 3.81. The first-order valence-electron chi connectivity index (χ1n) is 4.92. The van der Waals surface area contributed by atoms with Gasteiger partial charge in [0.1, 0.15) is 0 Å². The van der Waals surface area contributed by atoms with E-state index in [-0.39, 0.29) is 6.04 Å². The Balaban J connectivity index is 2.63. The number of hydrogen-bond acceptors (Lipinski definition) is 2. The molecular formula is C11H13Br2NO. The molecule has 2 N–H and O–H groups in total. The molecule has 0 amide bonds. The van der Waals surface area contributed by atoms with Crippen molar-refractivity contribution in [2.24, 2.45) is 5.73 Å². The lowest BCUT2D eigenvalue weighted by Crippen LogP contribution is -2.17. The van der Waals surface area contributed by atoms with Crippen LogP contribution < -0.4 is 5.73 Å². The lowest BCUT2D eigenvalue weighted by atomic mass is 9.98. The normalized spacial score (nSPS) is 20.9. The third-order valence-electron chi connectivity index (χ3n) is 2.70. The predicted octanol–water partition coefficient (Wildman–Crippen LogP) is 3.09. The largest absolute Gasteiger partial charge is 0.379 e. The van der Waals surface area contributed by atoms with Gasteiger partial charge in [0.05, 0.1) is 19.3 Å². The van der Waals surface area contributed by atoms with E-state index in [1.54, 1.807) is 0 Å². The summed E-state index contributed by atoms with van der Waals surface area (Å²) >= 11 is 7.22. The molecule has 82 valence electrons. The Kier molecular flexibility index (Phi) is 3.50. The van der Waals surface area contributed by atoms with Crippen LogP contribution in [0.3, 0.4) is 0 Å². The Labute approximate surface area is 106 Å². The Morgan fingerprint density at radius 1 is 1.47 bits per heavy atom. The van der Waals surface area contributed by atoms with Crippen LogP contribution in [0.4, 0.5) is 0 Å². The van der Waals surface area contributed by atoms with Gasteiger partial charge in [-0.15, -0.1) is 0 Å². The van der Waals surface area contributed by atoms with Gasteiger partial charge in [0, 0.05) is 8.95 Å². The van der Waals surface area contributed by atoms with Crippen molar-refractivity contribution in [3.8, 4) is 0 Å². The molecule has 2 nitrogen and oxygen atoms in total. The average Bonchev–Trinajstić information content (AvgIpc) is 2.37. The van der Waals surface area contributed by atoms with Crippen LogP contribution in [0.5, 0.6) is 0 Å². The summed E-state index contributed by atoms with van der Waals surface area (Å²) in [5.74, 6) is 0. The minimum atomic E-state index is -0.0342. The summed E-state index contributed by atoms with van der Waals surface area (Å²) in [6.45, 7) is 3.42. The molecule has 1 aliphatic heterocycles. The highest BCUT2D eigenvalue weighted by Crippen LogP contribution is 2.36. The molecule has 0 spiro atoms. The number of aryl methyl sites for hydroxylation is 1. The van der Waals surface area contributed by atoms with Gasteiger partial charge in [-0.1, -0.05) is 31.9 Å². The van der Waals surface area contributed by atoms with E-state index in [0.717, 1.165) is 22.0 Å². The molecule has 1 unspecified atom stereocenters. The number of hydrogen-bond donors (Lipinski definition) is 1. The second kappa shape index (κ2) is 4.53. The highest BCUT2D eigenvalue weighted by atomic mass is 79.9. The van der Waals surface area contributed by atoms with E-state index < -0.39 is 0 Å². The maximum Gasteiger partial charge on any atom is 0.0660 e. The maximum absolute atomic E-state index is 6.11. The molecule has 1 aromatic rings. The second-order valence-corrected chi connectivity index (χ2v) is 5.46. The number of halogens is 2. The summed E-state index contributed by atoms with van der Waals surface area (Å²) < 4.78 is 7.73. The summed E-state index contributed by atoms with van der Waals surface area (Å²) in [6, 6.07) is 2.09. The molecular weight excluding hydrogens is 322 g/mol. The summed E-state index contributed by atoms with van der Waals surface area (Å²) in [5, 5.41) is 0. The topological polar surface area (TPSA) is 35.2 Å². The van der Waals surface area contributed by atoms with E-state index in [2.05, 4.69) is 44.8 Å². The van der Waals surface area contributed by atoms with Gasteiger partial charge in [0.2, 0.25) is 0 Å². The lowest BCUT2D eigenvalue weighted by Gasteiger charge is -2.17. The van der Waals surface area contributed by atoms with Crippen LogP contribution in [-0.4, -0.2) is 13.2 Å². The molecule has 1 aromatic carbocycles. The van der Waals surface area contributed by atoms with E-state index in [9.17, 15) is 0 Å². The van der Waals surface area contributed by atoms with Crippen molar-refractivity contribution in [1.82, 2.24) is 0 Å². The fourth-order valence-electron chi connectivity index (χ4n) is 1.92. The van der Waals surface area contributed by atoms with Crippen molar-refractivity contribution in [2.75, 3.05) is 13.2 Å². The van der Waals surface area contributed by atoms with Crippen molar-refractivity contribution < 1.29 is 4.74 Å². The predicted molar refractivity (Wildman–Crippen MR) is 68.0 cm³/mol. The number of rotatable bonds is 0. The van der Waals surface area contributed by atoms with E-state index in [4.69, 9.17) is 10.5 Å². The third-order valence-corrected chi connectivity index (χ3v) is 4.46. The first kappa shape index (κ1) is 11.6. The molecule has 0 aromatic heterocycles. The number of fused-ring (bicyclic) bond motifs is 1. The minimum Gasteiger partial charge on any atom is -0.379 e. The quantitative estimate of drug-likeness (QED) is 0.791. The van der Waals surface area contributed by atoms with Gasteiger partial charge < -0.3 is 10.5 Å². The number of nitrogens with two attached hydrogens (primary N) is 1. The summed E-state index contributed by atoms with van der Waals surface area (Å²) in [4.78, 5) is 0. The van der Waals surface area contributed by atoms with Crippen LogP contribution in [0, 0.1) is 6.92 Å². The van der Waals surface area contributed by atoms with Gasteiger partial charge in [0.25, 0.3) is 0 Å². The minimum absolute atomic E-state index is 0.0342. The SMILES string of the molecule is Cc1cc(Br)c2c(c1Br)C(N)COCC2. The molecule has 0 saturated carbocycles. The zero-order valence-electron chi connectivity index (χ0n) is 8.52. The van der Waals surface area contributed by atoms with Crippen LogP contribution >= 0.6 is 31.9 Å². The summed E-state index contributed by atoms with van der Waals surface area (Å²) in [5.41, 5.74) is 9.78. The van der Waals surface area contributed by atoms with E-state index >= 15 is 0 Å². The Morgan fingerprint density at radius 2 is 2.20 bits per heavy atom. The molecule has 1 atom stereocenters. The highest BCUT2D eigenvalue weighted by molar-refractivity contribution is 9.11. The molecule has 15 heavy (non-hydrogen) atoms. The fourth-order valence-corrected chi connectivity index (χ4v) is 3.33. The molecule has 0 aliphatic carbocycles. The van der Waals surface area contributed by atoms with Gasteiger partial charge in [0.15, 0.2) is 0 Å². The van der Waals surface area contributed by atoms with Crippen molar-refractivity contribution in [3.05, 3.63) is 31.7 Å². The van der Waals surface area contributed by atoms with E-state index in [1.165, 1.54) is 16.7 Å². The molecule has 4 heteroatoms. The fraction of sp³-hybridized carbons (Fsp3) is 0.455. The highest BCUT2D eigenvalue weighted by Gasteiger charge is 2.21. The van der Waals surface area contributed by atoms with E-state index in [1.807, 2.05) is 0 Å². The monoisotopic (exact) mass is 333 g/mol. The third kappa shape index (κ3) is 2.13. The van der Waals surface area contributed by atoms with Crippen LogP contribution in [0.15, 0.2) is 15.0 Å². The molecule has 0 saturated heterocycles. The lowest BCUT2D eigenvalue weighted by molar-refractivity contribution is 0.131. The zero-order valence-corrected chi connectivity index (χ0v) is 11.7. The van der Waals surface area contributed by atoms with Crippen molar-refractivity contribution in [1.29, 1.82) is 0 Å². The Bertz CT molecular complexity index is 393. The van der Waals surface area contributed by atoms with Crippen molar-refractivity contribution >= 4 is 31.9 Å². The van der Waals surface area contributed by atoms with Crippen molar-refractivity contribution in [3.63, 3.8) is 0 Å². The maximum atomic E-state index is 6.11. The van der Waals surface area contributed by atoms with Gasteiger partial charge in [-0.25, -0.2) is 0 Å². The summed E-state index contributed by atoms with van der Waals surface area (Å²) in [6.07, 6.45) is 0.919. The van der Waals surface area contributed by atoms with Crippen LogP contribution in [0.1, 0.15) is 22.7 Å². The van der Waals surface area contributed by atoms with E-state index in [0.29, 0.717) is 6.61 Å². The molecule has 0 radical (unpaired) electrons. The molecule has 0 fully saturated rings. The van der Waals surface area contributed by atoms with Gasteiger partial charge >= 0.3 is 0 Å². The Hall–Kier alpha value is 0.1000. The van der Waals surface area contributed by atoms with Gasteiger partial charge in [-0.05, 0) is 36.1 Å². The smallest absolute Gasteiger partial charge is 0.0660 e.